The molecular formula is C47H34N4. The minimum Gasteiger partial charge on any atom is -0.265 e. The Labute approximate surface area is 298 Å². The van der Waals surface area contributed by atoms with E-state index in [4.69, 9.17) is 15.0 Å². The third-order valence-electron chi connectivity index (χ3n) is 10.1. The largest absolute Gasteiger partial charge is 0.265 e. The van der Waals surface area contributed by atoms with Crippen molar-refractivity contribution < 1.29 is 0 Å². The Kier molecular flexibility index (Phi) is 7.44. The smallest absolute Gasteiger partial charge is 0.164 e. The van der Waals surface area contributed by atoms with Crippen molar-refractivity contribution in [1.82, 2.24) is 19.9 Å². The Morgan fingerprint density at radius 2 is 0.882 bits per heavy atom. The molecule has 0 N–H and O–H groups in total. The molecule has 4 heteroatoms. The van der Waals surface area contributed by atoms with Crippen molar-refractivity contribution in [2.24, 2.45) is 0 Å². The van der Waals surface area contributed by atoms with Gasteiger partial charge in [-0.25, -0.2) is 15.0 Å². The summed E-state index contributed by atoms with van der Waals surface area (Å²) in [4.78, 5) is 19.4. The van der Waals surface area contributed by atoms with Crippen LogP contribution in [0.1, 0.15) is 25.0 Å². The molecule has 4 nitrogen and oxygen atoms in total. The lowest BCUT2D eigenvalue weighted by atomic mass is 9.81. The van der Waals surface area contributed by atoms with E-state index in [-0.39, 0.29) is 5.41 Å². The Morgan fingerprint density at radius 1 is 0.333 bits per heavy atom. The molecule has 0 radical (unpaired) electrons. The van der Waals surface area contributed by atoms with Crippen molar-refractivity contribution in [2.45, 2.75) is 19.3 Å². The Hall–Kier alpha value is -6.52. The highest BCUT2D eigenvalue weighted by atomic mass is 15.0. The molecule has 51 heavy (non-hydrogen) atoms. The van der Waals surface area contributed by atoms with E-state index in [2.05, 4.69) is 134 Å². The maximum absolute atomic E-state index is 5.13. The second-order valence-corrected chi connectivity index (χ2v) is 13.5. The van der Waals surface area contributed by atoms with Gasteiger partial charge in [0.05, 0.1) is 0 Å². The van der Waals surface area contributed by atoms with Crippen LogP contribution in [0.25, 0.3) is 78.7 Å². The minimum atomic E-state index is -0.0847. The summed E-state index contributed by atoms with van der Waals surface area (Å²) in [6, 6.07) is 55.5. The molecule has 0 saturated carbocycles. The average Bonchev–Trinajstić information content (AvgIpc) is 3.44. The molecular weight excluding hydrogens is 621 g/mol. The number of nitrogens with zero attached hydrogens (tertiary/aromatic N) is 4. The van der Waals surface area contributed by atoms with Crippen LogP contribution in [-0.2, 0) is 5.41 Å². The molecule has 0 fully saturated rings. The highest BCUT2D eigenvalue weighted by molar-refractivity contribution is 5.90. The zero-order chi connectivity index (χ0) is 34.4. The summed E-state index contributed by atoms with van der Waals surface area (Å²) in [6.07, 6.45) is 3.63. The van der Waals surface area contributed by atoms with Crippen LogP contribution in [-0.4, -0.2) is 19.9 Å². The van der Waals surface area contributed by atoms with Crippen LogP contribution >= 0.6 is 0 Å². The van der Waals surface area contributed by atoms with Gasteiger partial charge in [-0.3, -0.25) is 4.98 Å². The molecule has 0 saturated heterocycles. The number of fused-ring (bicyclic) bond motifs is 3. The summed E-state index contributed by atoms with van der Waals surface area (Å²) < 4.78 is 0. The first-order valence-corrected chi connectivity index (χ1v) is 17.3. The van der Waals surface area contributed by atoms with Gasteiger partial charge in [0.15, 0.2) is 17.5 Å². The standard InChI is InChI=1S/C47H34N4/c1-47(2)42-19-10-9-18-39(42)40-23-20-35(30-43(40)47)38-22-21-37(29-41(38)32-12-5-3-6-13-32)46-50-44(33-14-7-4-8-15-33)49-45(51-46)36-17-11-16-34(28-36)31-24-26-48-27-25-31/h3-30H,1-2H3. The third kappa shape index (κ3) is 5.51. The molecule has 9 rings (SSSR count). The fourth-order valence-corrected chi connectivity index (χ4v) is 7.40. The van der Waals surface area contributed by atoms with Gasteiger partial charge in [-0.05, 0) is 86.0 Å². The molecule has 0 atom stereocenters. The SMILES string of the molecule is CC1(C)c2ccccc2-c2ccc(-c3ccc(-c4nc(-c5ccccc5)nc(-c5cccc(-c6ccncc6)c5)n4)cc3-c3ccccc3)cc21. The van der Waals surface area contributed by atoms with E-state index in [0.29, 0.717) is 17.5 Å². The van der Waals surface area contributed by atoms with E-state index < -0.39 is 0 Å². The predicted molar refractivity (Wildman–Crippen MR) is 208 cm³/mol. The monoisotopic (exact) mass is 654 g/mol. The third-order valence-corrected chi connectivity index (χ3v) is 10.1. The quantitative estimate of drug-likeness (QED) is 0.179. The molecule has 0 bridgehead atoms. The molecule has 8 aromatic rings. The van der Waals surface area contributed by atoms with Gasteiger partial charge in [-0.2, -0.15) is 0 Å². The predicted octanol–water partition coefficient (Wildman–Crippen LogP) is 11.6. The van der Waals surface area contributed by atoms with Gasteiger partial charge in [0.25, 0.3) is 0 Å². The van der Waals surface area contributed by atoms with Crippen molar-refractivity contribution in [3.63, 3.8) is 0 Å². The molecule has 2 aromatic heterocycles. The summed E-state index contributed by atoms with van der Waals surface area (Å²) in [7, 11) is 0. The highest BCUT2D eigenvalue weighted by Gasteiger charge is 2.35. The number of pyridine rings is 1. The van der Waals surface area contributed by atoms with Crippen molar-refractivity contribution >= 4 is 0 Å². The van der Waals surface area contributed by atoms with Crippen LogP contribution in [0.5, 0.6) is 0 Å². The second-order valence-electron chi connectivity index (χ2n) is 13.5. The molecule has 242 valence electrons. The van der Waals surface area contributed by atoms with Crippen LogP contribution < -0.4 is 0 Å². The van der Waals surface area contributed by atoms with Gasteiger partial charge in [-0.1, -0.05) is 141 Å². The minimum absolute atomic E-state index is 0.0847. The van der Waals surface area contributed by atoms with Crippen molar-refractivity contribution in [1.29, 1.82) is 0 Å². The van der Waals surface area contributed by atoms with Gasteiger partial charge in [0, 0.05) is 34.5 Å². The topological polar surface area (TPSA) is 51.6 Å². The maximum atomic E-state index is 5.13. The van der Waals surface area contributed by atoms with E-state index >= 15 is 0 Å². The lowest BCUT2D eigenvalue weighted by Crippen LogP contribution is -2.14. The lowest BCUT2D eigenvalue weighted by molar-refractivity contribution is 0.660. The van der Waals surface area contributed by atoms with Crippen LogP contribution in [0, 0.1) is 0 Å². The van der Waals surface area contributed by atoms with E-state index in [1.165, 1.54) is 33.4 Å². The zero-order valence-electron chi connectivity index (χ0n) is 28.5. The maximum Gasteiger partial charge on any atom is 0.164 e. The van der Waals surface area contributed by atoms with Gasteiger partial charge in [0.2, 0.25) is 0 Å². The van der Waals surface area contributed by atoms with Gasteiger partial charge in [0.1, 0.15) is 0 Å². The fourth-order valence-electron chi connectivity index (χ4n) is 7.40. The Balaban J connectivity index is 1.20. The Bertz CT molecular complexity index is 2540. The van der Waals surface area contributed by atoms with Crippen molar-refractivity contribution in [3.05, 3.63) is 181 Å². The summed E-state index contributed by atoms with van der Waals surface area (Å²) in [5.74, 6) is 1.89. The van der Waals surface area contributed by atoms with Crippen molar-refractivity contribution in [3.8, 4) is 78.7 Å². The molecule has 2 heterocycles. The van der Waals surface area contributed by atoms with Gasteiger partial charge in [-0.15, -0.1) is 0 Å². The average molecular weight is 655 g/mol. The summed E-state index contributed by atoms with van der Waals surface area (Å²) in [6.45, 7) is 4.66. The molecule has 0 amide bonds. The second kappa shape index (κ2) is 12.4. The molecule has 0 unspecified atom stereocenters. The Morgan fingerprint density at radius 3 is 1.63 bits per heavy atom. The molecule has 1 aliphatic carbocycles. The summed E-state index contributed by atoms with van der Waals surface area (Å²) >= 11 is 0. The van der Waals surface area contributed by atoms with Crippen LogP contribution in [0.3, 0.4) is 0 Å². The fraction of sp³-hybridized carbons (Fsp3) is 0.0638. The van der Waals surface area contributed by atoms with Crippen molar-refractivity contribution in [2.75, 3.05) is 0 Å². The number of rotatable bonds is 6. The number of hydrogen-bond acceptors (Lipinski definition) is 4. The van der Waals surface area contributed by atoms with Crippen LogP contribution in [0.15, 0.2) is 170 Å². The first kappa shape index (κ1) is 30.5. The first-order chi connectivity index (χ1) is 25.0. The number of hydrogen-bond donors (Lipinski definition) is 0. The van der Waals surface area contributed by atoms with E-state index in [9.17, 15) is 0 Å². The highest BCUT2D eigenvalue weighted by Crippen LogP contribution is 2.50. The van der Waals surface area contributed by atoms with Gasteiger partial charge < -0.3 is 0 Å². The normalized spacial score (nSPS) is 12.7. The number of aromatic nitrogens is 4. The summed E-state index contributed by atoms with van der Waals surface area (Å²) in [5, 5.41) is 0. The van der Waals surface area contributed by atoms with Crippen LogP contribution in [0.4, 0.5) is 0 Å². The van der Waals surface area contributed by atoms with Crippen LogP contribution in [0.2, 0.25) is 0 Å². The number of benzene rings is 6. The molecule has 0 spiro atoms. The molecule has 1 aliphatic rings. The lowest BCUT2D eigenvalue weighted by Gasteiger charge is -2.22. The summed E-state index contributed by atoms with van der Waals surface area (Å²) in [5.41, 5.74) is 14.9. The molecule has 0 aliphatic heterocycles. The van der Waals surface area contributed by atoms with E-state index in [0.717, 1.165) is 38.9 Å². The van der Waals surface area contributed by atoms with Gasteiger partial charge >= 0.3 is 0 Å². The zero-order valence-corrected chi connectivity index (χ0v) is 28.5. The van der Waals surface area contributed by atoms with E-state index in [1.54, 1.807) is 0 Å². The van der Waals surface area contributed by atoms with E-state index in [1.807, 2.05) is 54.9 Å². The first-order valence-electron chi connectivity index (χ1n) is 17.3. The molecule has 6 aromatic carbocycles.